The second kappa shape index (κ2) is 2.94. The third-order valence-corrected chi connectivity index (χ3v) is 4.02. The maximum atomic E-state index is 11.2. The molecule has 1 aliphatic carbocycles. The molecule has 0 aromatic rings. The van der Waals surface area contributed by atoms with Gasteiger partial charge < -0.3 is 16.4 Å². The standard InChI is InChI=1S/C7H13N2O3P/c1-2-5-3-7(5,9)4-13(11,12)6(8)10/h2,5H,1,3-4,9H2,(H2,8,10)(H,11,12). The molecular weight excluding hydrogens is 191 g/mol. The number of nitrogens with two attached hydrogens (primary N) is 2. The zero-order chi connectivity index (χ0) is 10.3. The van der Waals surface area contributed by atoms with Crippen LogP contribution in [0.3, 0.4) is 0 Å². The number of carbonyl (C=O) groups excluding carboxylic acids is 1. The molecule has 1 amide bonds. The summed E-state index contributed by atoms with van der Waals surface area (Å²) < 4.78 is 11.2. The molecule has 1 fully saturated rings. The van der Waals surface area contributed by atoms with E-state index in [0.717, 1.165) is 0 Å². The smallest absolute Gasteiger partial charge is 0.303 e. The first-order chi connectivity index (χ1) is 5.82. The first kappa shape index (κ1) is 10.4. The summed E-state index contributed by atoms with van der Waals surface area (Å²) in [6.45, 7) is 3.53. The summed E-state index contributed by atoms with van der Waals surface area (Å²) in [5, 5.41) is 0. The Morgan fingerprint density at radius 1 is 1.85 bits per heavy atom. The molecule has 0 radical (unpaired) electrons. The van der Waals surface area contributed by atoms with Crippen molar-refractivity contribution in [2.24, 2.45) is 17.4 Å². The molecule has 3 atom stereocenters. The average Bonchev–Trinajstić information content (AvgIpc) is 2.59. The monoisotopic (exact) mass is 204 g/mol. The van der Waals surface area contributed by atoms with Crippen molar-refractivity contribution in [3.8, 4) is 0 Å². The lowest BCUT2D eigenvalue weighted by Crippen LogP contribution is -2.31. The summed E-state index contributed by atoms with van der Waals surface area (Å²) in [6.07, 6.45) is 1.97. The molecule has 5 N–H and O–H groups in total. The van der Waals surface area contributed by atoms with Gasteiger partial charge >= 0.3 is 5.65 Å². The van der Waals surface area contributed by atoms with Crippen LogP contribution in [0.15, 0.2) is 12.7 Å². The summed E-state index contributed by atoms with van der Waals surface area (Å²) in [5.41, 5.74) is 8.55. The molecule has 0 bridgehead atoms. The number of hydrogen-bond donors (Lipinski definition) is 3. The van der Waals surface area contributed by atoms with Gasteiger partial charge in [0, 0.05) is 5.54 Å². The predicted octanol–water partition coefficient (Wildman–Crippen LogP) is 0.239. The van der Waals surface area contributed by atoms with Crippen LogP contribution in [0.1, 0.15) is 6.42 Å². The van der Waals surface area contributed by atoms with E-state index in [9.17, 15) is 9.36 Å². The van der Waals surface area contributed by atoms with Crippen LogP contribution >= 0.6 is 7.37 Å². The average molecular weight is 204 g/mol. The lowest BCUT2D eigenvalue weighted by molar-refractivity contribution is 0.262. The number of carbonyl (C=O) groups is 1. The van der Waals surface area contributed by atoms with E-state index in [-0.39, 0.29) is 12.1 Å². The number of primary amides is 1. The molecule has 3 unspecified atom stereocenters. The largest absolute Gasteiger partial charge is 0.361 e. The molecule has 0 saturated heterocycles. The second-order valence-corrected chi connectivity index (χ2v) is 5.64. The van der Waals surface area contributed by atoms with Gasteiger partial charge in [-0.05, 0) is 12.3 Å². The zero-order valence-corrected chi connectivity index (χ0v) is 8.04. The van der Waals surface area contributed by atoms with Gasteiger partial charge in [0.15, 0.2) is 0 Å². The number of rotatable bonds is 4. The Morgan fingerprint density at radius 3 is 2.69 bits per heavy atom. The van der Waals surface area contributed by atoms with Gasteiger partial charge in [0.2, 0.25) is 0 Å². The minimum absolute atomic E-state index is 0.0207. The van der Waals surface area contributed by atoms with Crippen molar-refractivity contribution < 1.29 is 14.3 Å². The Hall–Kier alpha value is -0.640. The maximum absolute atomic E-state index is 11.2. The number of hydrogen-bond acceptors (Lipinski definition) is 3. The van der Waals surface area contributed by atoms with Crippen molar-refractivity contribution in [1.82, 2.24) is 0 Å². The normalized spacial score (nSPS) is 36.3. The van der Waals surface area contributed by atoms with Crippen molar-refractivity contribution >= 4 is 13.0 Å². The molecule has 0 spiro atoms. The van der Waals surface area contributed by atoms with Crippen LogP contribution in [0.4, 0.5) is 4.79 Å². The summed E-state index contributed by atoms with van der Waals surface area (Å²) in [7, 11) is -3.91. The Kier molecular flexibility index (Phi) is 2.36. The van der Waals surface area contributed by atoms with E-state index in [4.69, 9.17) is 16.4 Å². The molecule has 0 heterocycles. The van der Waals surface area contributed by atoms with Gasteiger partial charge in [0.25, 0.3) is 7.37 Å². The van der Waals surface area contributed by atoms with Crippen molar-refractivity contribution in [2.75, 3.05) is 6.16 Å². The van der Waals surface area contributed by atoms with Crippen molar-refractivity contribution in [3.05, 3.63) is 12.7 Å². The van der Waals surface area contributed by atoms with Crippen LogP contribution in [-0.2, 0) is 4.57 Å². The van der Waals surface area contributed by atoms with Gasteiger partial charge in [0.05, 0.1) is 6.16 Å². The van der Waals surface area contributed by atoms with Gasteiger partial charge in [-0.3, -0.25) is 9.36 Å². The van der Waals surface area contributed by atoms with Crippen LogP contribution < -0.4 is 11.5 Å². The zero-order valence-electron chi connectivity index (χ0n) is 7.14. The molecule has 0 aliphatic heterocycles. The Labute approximate surface area is 76.2 Å². The summed E-state index contributed by atoms with van der Waals surface area (Å²) in [4.78, 5) is 19.7. The molecule has 5 nitrogen and oxygen atoms in total. The van der Waals surface area contributed by atoms with E-state index >= 15 is 0 Å². The topological polar surface area (TPSA) is 106 Å². The fourth-order valence-electron chi connectivity index (χ4n) is 1.33. The lowest BCUT2D eigenvalue weighted by atomic mass is 10.2. The molecule has 6 heteroatoms. The van der Waals surface area contributed by atoms with Crippen LogP contribution in [0.5, 0.6) is 0 Å². The van der Waals surface area contributed by atoms with Crippen LogP contribution in [0, 0.1) is 5.92 Å². The van der Waals surface area contributed by atoms with E-state index in [1.165, 1.54) is 0 Å². The Morgan fingerprint density at radius 2 is 2.38 bits per heavy atom. The third-order valence-electron chi connectivity index (χ3n) is 2.32. The highest BCUT2D eigenvalue weighted by Crippen LogP contribution is 2.53. The first-order valence-corrected chi connectivity index (χ1v) is 5.69. The summed E-state index contributed by atoms with van der Waals surface area (Å²) in [6, 6.07) is 0. The van der Waals surface area contributed by atoms with E-state index in [1.54, 1.807) is 6.08 Å². The summed E-state index contributed by atoms with van der Waals surface area (Å²) in [5.74, 6) is 0.0207. The lowest BCUT2D eigenvalue weighted by Gasteiger charge is -2.13. The third kappa shape index (κ3) is 1.99. The number of amides is 1. The van der Waals surface area contributed by atoms with Crippen LogP contribution in [0.25, 0.3) is 0 Å². The molecule has 0 aromatic heterocycles. The Bertz CT molecular complexity index is 304. The second-order valence-electron chi connectivity index (χ2n) is 3.48. The molecule has 13 heavy (non-hydrogen) atoms. The van der Waals surface area contributed by atoms with E-state index in [1.807, 2.05) is 0 Å². The SMILES string of the molecule is C=CC1CC1(N)CP(=O)(O)C(N)=O. The van der Waals surface area contributed by atoms with E-state index in [0.29, 0.717) is 6.42 Å². The van der Waals surface area contributed by atoms with Crippen molar-refractivity contribution in [3.63, 3.8) is 0 Å². The highest BCUT2D eigenvalue weighted by atomic mass is 31.2. The van der Waals surface area contributed by atoms with Gasteiger partial charge in [-0.2, -0.15) is 0 Å². The van der Waals surface area contributed by atoms with Crippen molar-refractivity contribution in [1.29, 1.82) is 0 Å². The van der Waals surface area contributed by atoms with Crippen molar-refractivity contribution in [2.45, 2.75) is 12.0 Å². The Balaban J connectivity index is 2.66. The quantitative estimate of drug-likeness (QED) is 0.450. The molecule has 0 aromatic carbocycles. The summed E-state index contributed by atoms with van der Waals surface area (Å²) >= 11 is 0. The fraction of sp³-hybridized carbons (Fsp3) is 0.571. The van der Waals surface area contributed by atoms with Gasteiger partial charge in [-0.25, -0.2) is 0 Å². The molecule has 74 valence electrons. The van der Waals surface area contributed by atoms with Gasteiger partial charge in [-0.1, -0.05) is 6.08 Å². The predicted molar refractivity (Wildman–Crippen MR) is 49.5 cm³/mol. The first-order valence-electron chi connectivity index (χ1n) is 3.85. The fourth-order valence-corrected chi connectivity index (χ4v) is 2.64. The highest BCUT2D eigenvalue weighted by Gasteiger charge is 2.53. The molecule has 1 rings (SSSR count). The minimum atomic E-state index is -3.91. The highest BCUT2D eigenvalue weighted by molar-refractivity contribution is 7.75. The van der Waals surface area contributed by atoms with Gasteiger partial charge in [-0.15, -0.1) is 6.58 Å². The molecule has 1 saturated carbocycles. The minimum Gasteiger partial charge on any atom is -0.361 e. The van der Waals surface area contributed by atoms with E-state index in [2.05, 4.69) is 6.58 Å². The van der Waals surface area contributed by atoms with Crippen LogP contribution in [0.2, 0.25) is 0 Å². The van der Waals surface area contributed by atoms with Gasteiger partial charge in [0.1, 0.15) is 0 Å². The molecular formula is C7H13N2O3P. The van der Waals surface area contributed by atoms with Crippen LogP contribution in [-0.4, -0.2) is 22.2 Å². The maximum Gasteiger partial charge on any atom is 0.303 e. The van der Waals surface area contributed by atoms with E-state index < -0.39 is 18.6 Å². The molecule has 1 aliphatic rings.